The Hall–Kier alpha value is -1.36. The molecule has 0 atom stereocenters. The van der Waals surface area contributed by atoms with E-state index in [1.165, 1.54) is 6.08 Å². The van der Waals surface area contributed by atoms with E-state index in [0.29, 0.717) is 10.4 Å². The maximum atomic E-state index is 11.4. The van der Waals surface area contributed by atoms with Gasteiger partial charge in [0.25, 0.3) is 0 Å². The van der Waals surface area contributed by atoms with Crippen molar-refractivity contribution in [1.29, 1.82) is 0 Å². The number of rotatable bonds is 5. The molecular weight excluding hydrogens is 272 g/mol. The first-order valence-corrected chi connectivity index (χ1v) is 5.49. The molecule has 1 aromatic heterocycles. The Kier molecular flexibility index (Phi) is 4.98. The molecule has 0 spiro atoms. The summed E-state index contributed by atoms with van der Waals surface area (Å²) in [6.45, 7) is 0.00856. The SMILES string of the molecule is CN(C)/C=C\C(=O)COc1cccnc1Br. The Bertz CT molecular complexity index is 391. The van der Waals surface area contributed by atoms with E-state index in [0.717, 1.165) is 0 Å². The molecule has 0 aromatic carbocycles. The predicted molar refractivity (Wildman–Crippen MR) is 65.3 cm³/mol. The number of nitrogens with zero attached hydrogens (tertiary/aromatic N) is 2. The number of ether oxygens (including phenoxy) is 1. The van der Waals surface area contributed by atoms with Gasteiger partial charge in [-0.05, 0) is 28.1 Å². The van der Waals surface area contributed by atoms with E-state index in [-0.39, 0.29) is 12.4 Å². The number of hydrogen-bond acceptors (Lipinski definition) is 4. The zero-order valence-corrected chi connectivity index (χ0v) is 10.8. The van der Waals surface area contributed by atoms with Crippen molar-refractivity contribution < 1.29 is 9.53 Å². The molecule has 0 N–H and O–H groups in total. The number of halogens is 1. The summed E-state index contributed by atoms with van der Waals surface area (Å²) in [7, 11) is 3.70. The molecule has 1 rings (SSSR count). The molecule has 0 unspecified atom stereocenters. The van der Waals surface area contributed by atoms with Crippen molar-refractivity contribution in [3.8, 4) is 5.75 Å². The van der Waals surface area contributed by atoms with Crippen molar-refractivity contribution in [2.75, 3.05) is 20.7 Å². The number of aromatic nitrogens is 1. The molecule has 86 valence electrons. The molecule has 4 nitrogen and oxygen atoms in total. The van der Waals surface area contributed by atoms with E-state index < -0.39 is 0 Å². The molecule has 0 aliphatic rings. The Morgan fingerprint density at radius 1 is 1.62 bits per heavy atom. The largest absolute Gasteiger partial charge is 0.483 e. The molecule has 0 aliphatic carbocycles. The van der Waals surface area contributed by atoms with Gasteiger partial charge in [-0.1, -0.05) is 0 Å². The average Bonchev–Trinajstić information content (AvgIpc) is 2.25. The van der Waals surface area contributed by atoms with Gasteiger partial charge in [-0.15, -0.1) is 0 Å². The lowest BCUT2D eigenvalue weighted by atomic mass is 10.4. The van der Waals surface area contributed by atoms with Crippen LogP contribution in [0.3, 0.4) is 0 Å². The number of hydrogen-bond donors (Lipinski definition) is 0. The summed E-state index contributed by atoms with van der Waals surface area (Å²) in [6, 6.07) is 3.50. The highest BCUT2D eigenvalue weighted by molar-refractivity contribution is 9.10. The average molecular weight is 285 g/mol. The van der Waals surface area contributed by atoms with Crippen LogP contribution >= 0.6 is 15.9 Å². The fourth-order valence-electron chi connectivity index (χ4n) is 0.908. The molecule has 0 saturated carbocycles. The summed E-state index contributed by atoms with van der Waals surface area (Å²) in [6.07, 6.45) is 4.80. The second-order valence-electron chi connectivity index (χ2n) is 3.33. The molecule has 0 aliphatic heterocycles. The van der Waals surface area contributed by atoms with Gasteiger partial charge in [0, 0.05) is 32.6 Å². The Labute approximate surface area is 103 Å². The fourth-order valence-corrected chi connectivity index (χ4v) is 1.27. The van der Waals surface area contributed by atoms with Gasteiger partial charge in [-0.3, -0.25) is 4.79 Å². The monoisotopic (exact) mass is 284 g/mol. The first-order valence-electron chi connectivity index (χ1n) is 4.70. The van der Waals surface area contributed by atoms with Crippen molar-refractivity contribution in [3.05, 3.63) is 35.2 Å². The molecule has 1 heterocycles. The zero-order chi connectivity index (χ0) is 12.0. The van der Waals surface area contributed by atoms with Crippen LogP contribution < -0.4 is 4.74 Å². The first kappa shape index (κ1) is 12.7. The minimum Gasteiger partial charge on any atom is -0.483 e. The lowest BCUT2D eigenvalue weighted by Crippen LogP contribution is -2.10. The molecule has 0 fully saturated rings. The van der Waals surface area contributed by atoms with Crippen LogP contribution in [-0.4, -0.2) is 36.4 Å². The minimum absolute atomic E-state index is 0.00856. The van der Waals surface area contributed by atoms with Gasteiger partial charge in [0.15, 0.2) is 18.1 Å². The summed E-state index contributed by atoms with van der Waals surface area (Å²) in [4.78, 5) is 17.1. The highest BCUT2D eigenvalue weighted by atomic mass is 79.9. The van der Waals surface area contributed by atoms with E-state index in [2.05, 4.69) is 20.9 Å². The van der Waals surface area contributed by atoms with Crippen LogP contribution in [-0.2, 0) is 4.79 Å². The van der Waals surface area contributed by atoms with Gasteiger partial charge in [0.2, 0.25) is 0 Å². The van der Waals surface area contributed by atoms with Crippen molar-refractivity contribution >= 4 is 21.7 Å². The third kappa shape index (κ3) is 4.44. The highest BCUT2D eigenvalue weighted by Gasteiger charge is 2.03. The zero-order valence-electron chi connectivity index (χ0n) is 9.18. The van der Waals surface area contributed by atoms with Gasteiger partial charge in [0.05, 0.1) is 0 Å². The van der Waals surface area contributed by atoms with Gasteiger partial charge >= 0.3 is 0 Å². The standard InChI is InChI=1S/C11H13BrN2O2/c1-14(2)7-5-9(15)8-16-10-4-3-6-13-11(10)12/h3-7H,8H2,1-2H3/b7-5-. The number of pyridine rings is 1. The van der Waals surface area contributed by atoms with Crippen molar-refractivity contribution in [1.82, 2.24) is 9.88 Å². The number of carbonyl (C=O) groups is 1. The third-order valence-electron chi connectivity index (χ3n) is 1.65. The second-order valence-corrected chi connectivity index (χ2v) is 4.08. The van der Waals surface area contributed by atoms with E-state index in [1.807, 2.05) is 14.1 Å². The normalized spacial score (nSPS) is 10.4. The summed E-state index contributed by atoms with van der Waals surface area (Å²) >= 11 is 3.23. The smallest absolute Gasteiger partial charge is 0.194 e. The van der Waals surface area contributed by atoms with E-state index in [4.69, 9.17) is 4.74 Å². The minimum atomic E-state index is -0.0931. The molecule has 0 saturated heterocycles. The predicted octanol–water partition coefficient (Wildman–Crippen LogP) is 1.87. The summed E-state index contributed by atoms with van der Waals surface area (Å²) in [5.74, 6) is 0.471. The van der Waals surface area contributed by atoms with Crippen LogP contribution in [0.15, 0.2) is 35.2 Å². The van der Waals surface area contributed by atoms with Crippen molar-refractivity contribution in [2.24, 2.45) is 0 Å². The van der Waals surface area contributed by atoms with Gasteiger partial charge < -0.3 is 9.64 Å². The van der Waals surface area contributed by atoms with Gasteiger partial charge in [-0.25, -0.2) is 4.98 Å². The van der Waals surface area contributed by atoms with Crippen LogP contribution in [0.4, 0.5) is 0 Å². The molecule has 16 heavy (non-hydrogen) atoms. The molecule has 5 heteroatoms. The first-order chi connectivity index (χ1) is 7.59. The fraction of sp³-hybridized carbons (Fsp3) is 0.273. The van der Waals surface area contributed by atoms with Crippen LogP contribution in [0.25, 0.3) is 0 Å². The Morgan fingerprint density at radius 2 is 2.38 bits per heavy atom. The quantitative estimate of drug-likeness (QED) is 0.612. The number of ketones is 1. The molecule has 0 bridgehead atoms. The van der Waals surface area contributed by atoms with Crippen LogP contribution in [0.5, 0.6) is 5.75 Å². The third-order valence-corrected chi connectivity index (χ3v) is 2.25. The second kappa shape index (κ2) is 6.27. The topological polar surface area (TPSA) is 42.4 Å². The van der Waals surface area contributed by atoms with Crippen LogP contribution in [0, 0.1) is 0 Å². The van der Waals surface area contributed by atoms with E-state index in [1.54, 1.807) is 29.4 Å². The molecular formula is C11H13BrN2O2. The summed E-state index contributed by atoms with van der Waals surface area (Å²) in [5, 5.41) is 0. The maximum Gasteiger partial charge on any atom is 0.194 e. The Balaban J connectivity index is 2.46. The molecule has 1 aromatic rings. The lowest BCUT2D eigenvalue weighted by Gasteiger charge is -2.05. The molecule has 0 radical (unpaired) electrons. The lowest BCUT2D eigenvalue weighted by molar-refractivity contribution is -0.116. The van der Waals surface area contributed by atoms with E-state index in [9.17, 15) is 4.79 Å². The maximum absolute atomic E-state index is 11.4. The number of carbonyl (C=O) groups excluding carboxylic acids is 1. The Morgan fingerprint density at radius 3 is 3.00 bits per heavy atom. The van der Waals surface area contributed by atoms with Crippen molar-refractivity contribution in [2.45, 2.75) is 0 Å². The van der Waals surface area contributed by atoms with E-state index >= 15 is 0 Å². The van der Waals surface area contributed by atoms with Crippen LogP contribution in [0.1, 0.15) is 0 Å². The molecule has 0 amide bonds. The van der Waals surface area contributed by atoms with Crippen LogP contribution in [0.2, 0.25) is 0 Å². The van der Waals surface area contributed by atoms with Gasteiger partial charge in [-0.2, -0.15) is 0 Å². The summed E-state index contributed by atoms with van der Waals surface area (Å²) in [5.41, 5.74) is 0. The highest BCUT2D eigenvalue weighted by Crippen LogP contribution is 2.20. The van der Waals surface area contributed by atoms with Crippen molar-refractivity contribution in [3.63, 3.8) is 0 Å². The summed E-state index contributed by atoms with van der Waals surface area (Å²) < 4.78 is 5.90. The van der Waals surface area contributed by atoms with Gasteiger partial charge in [0.1, 0.15) is 4.60 Å².